The first kappa shape index (κ1) is 21.6. The summed E-state index contributed by atoms with van der Waals surface area (Å²) in [7, 11) is 0. The molecule has 4 heterocycles. The van der Waals surface area contributed by atoms with Gasteiger partial charge >= 0.3 is 18.1 Å². The normalized spacial score (nSPS) is 23.3. The summed E-state index contributed by atoms with van der Waals surface area (Å²) in [5, 5.41) is 11.4. The van der Waals surface area contributed by atoms with E-state index in [1.165, 1.54) is 16.9 Å². The number of aryl methyl sites for hydroxylation is 1. The van der Waals surface area contributed by atoms with Gasteiger partial charge < -0.3 is 19.5 Å². The number of hydrogen-bond acceptors (Lipinski definition) is 9. The Morgan fingerprint density at radius 1 is 1.15 bits per heavy atom. The summed E-state index contributed by atoms with van der Waals surface area (Å²) in [6.07, 6.45) is -1.20. The molecule has 1 saturated carbocycles. The van der Waals surface area contributed by atoms with E-state index in [2.05, 4.69) is 35.3 Å². The summed E-state index contributed by atoms with van der Waals surface area (Å²) in [4.78, 5) is 14.3. The fourth-order valence-electron chi connectivity index (χ4n) is 4.38. The third-order valence-electron chi connectivity index (χ3n) is 5.94. The van der Waals surface area contributed by atoms with Gasteiger partial charge in [-0.1, -0.05) is 5.16 Å². The van der Waals surface area contributed by atoms with Crippen LogP contribution in [0, 0.1) is 18.8 Å². The first-order valence-electron chi connectivity index (χ1n) is 10.2. The molecule has 1 saturated heterocycles. The molecule has 2 aliphatic rings. The van der Waals surface area contributed by atoms with Gasteiger partial charge in [-0.05, 0) is 31.6 Å². The predicted octanol–water partition coefficient (Wildman–Crippen LogP) is 2.72. The van der Waals surface area contributed by atoms with E-state index in [1.807, 2.05) is 4.90 Å². The lowest BCUT2D eigenvalue weighted by molar-refractivity contribution is -0.290. The Balaban J connectivity index is 1.30. The minimum atomic E-state index is -5.73. The van der Waals surface area contributed by atoms with Gasteiger partial charge in [-0.25, -0.2) is 9.50 Å². The van der Waals surface area contributed by atoms with Crippen LogP contribution in [0.2, 0.25) is 0 Å². The second-order valence-electron chi connectivity index (χ2n) is 8.22. The van der Waals surface area contributed by atoms with Gasteiger partial charge in [0.2, 0.25) is 11.6 Å². The number of ether oxygens (including phenoxy) is 1. The Hall–Kier alpha value is -3.26. The number of rotatable bonds is 6. The van der Waals surface area contributed by atoms with E-state index in [1.54, 1.807) is 6.92 Å². The summed E-state index contributed by atoms with van der Waals surface area (Å²) in [5.41, 5.74) is -0.0657. The lowest BCUT2D eigenvalue weighted by Gasteiger charge is -2.37. The maximum atomic E-state index is 13.2. The topological polar surface area (TPSA) is 106 Å². The first-order chi connectivity index (χ1) is 15.6. The molecule has 3 atom stereocenters. The zero-order chi connectivity index (χ0) is 23.4. The number of hydrogen-bond donors (Lipinski definition) is 1. The number of nitrogens with one attached hydrogen (secondary N) is 1. The number of aromatic nitrogens is 6. The highest BCUT2D eigenvalue weighted by Gasteiger charge is 2.58. The van der Waals surface area contributed by atoms with E-state index in [0.717, 1.165) is 12.8 Å². The first-order valence-corrected chi connectivity index (χ1v) is 10.2. The molecule has 2 unspecified atom stereocenters. The molecule has 33 heavy (non-hydrogen) atoms. The van der Waals surface area contributed by atoms with E-state index in [0.29, 0.717) is 24.9 Å². The molecule has 1 aliphatic carbocycles. The van der Waals surface area contributed by atoms with Crippen LogP contribution in [-0.4, -0.2) is 67.6 Å². The monoisotopic (exact) mass is 474 g/mol. The third kappa shape index (κ3) is 3.99. The van der Waals surface area contributed by atoms with Crippen molar-refractivity contribution in [1.29, 1.82) is 0 Å². The van der Waals surface area contributed by atoms with Gasteiger partial charge in [0.1, 0.15) is 0 Å². The van der Waals surface area contributed by atoms with E-state index in [-0.39, 0.29) is 29.5 Å². The SMILES string of the molecule is Cc1noc(N2CC3CC[C@@H](C2)C3Nc2nc3c(OCC(F)(F)C(F)(F)F)nccn3n2)n1. The van der Waals surface area contributed by atoms with E-state index < -0.39 is 24.6 Å². The van der Waals surface area contributed by atoms with E-state index >= 15 is 0 Å². The van der Waals surface area contributed by atoms with Crippen LogP contribution < -0.4 is 15.0 Å². The van der Waals surface area contributed by atoms with Crippen LogP contribution in [0.1, 0.15) is 18.7 Å². The number of piperidine rings is 1. The number of anilines is 2. The van der Waals surface area contributed by atoms with Crippen molar-refractivity contribution < 1.29 is 31.2 Å². The van der Waals surface area contributed by atoms with Crippen LogP contribution in [0.15, 0.2) is 16.9 Å². The van der Waals surface area contributed by atoms with E-state index in [9.17, 15) is 22.0 Å². The molecule has 0 radical (unpaired) electrons. The van der Waals surface area contributed by atoms with E-state index in [4.69, 9.17) is 4.52 Å². The Morgan fingerprint density at radius 2 is 1.88 bits per heavy atom. The van der Waals surface area contributed by atoms with Gasteiger partial charge in [0.25, 0.3) is 5.88 Å². The van der Waals surface area contributed by atoms with Crippen LogP contribution >= 0.6 is 0 Å². The van der Waals surface area contributed by atoms with Crippen molar-refractivity contribution in [2.75, 3.05) is 29.9 Å². The molecule has 1 N–H and O–H groups in total. The smallest absolute Gasteiger partial charge is 0.456 e. The maximum Gasteiger partial charge on any atom is 0.456 e. The molecule has 0 amide bonds. The fourth-order valence-corrected chi connectivity index (χ4v) is 4.38. The number of alkyl halides is 5. The Bertz CT molecular complexity index is 1130. The third-order valence-corrected chi connectivity index (χ3v) is 5.94. The van der Waals surface area contributed by atoms with Crippen molar-refractivity contribution in [3.8, 4) is 5.88 Å². The summed E-state index contributed by atoms with van der Waals surface area (Å²) in [5.74, 6) is -4.21. The van der Waals surface area contributed by atoms with Crippen molar-refractivity contribution >= 4 is 17.6 Å². The van der Waals surface area contributed by atoms with Crippen molar-refractivity contribution in [2.24, 2.45) is 11.8 Å². The molecule has 0 aromatic carbocycles. The summed E-state index contributed by atoms with van der Waals surface area (Å²) in [6, 6.07) is 0.534. The lowest BCUT2D eigenvalue weighted by Crippen LogP contribution is -2.48. The average Bonchev–Trinajstić information content (AvgIpc) is 3.41. The molecular formula is C18H19F5N8O2. The number of fused-ring (bicyclic) bond motifs is 3. The number of nitrogens with zero attached hydrogens (tertiary/aromatic N) is 7. The molecule has 3 aromatic heterocycles. The standard InChI is InChI=1S/C18H19F5N8O2/c1-9-25-16(33-29-9)30-6-10-2-3-11(7-30)12(10)26-15-27-13-14(24-4-5-31(13)28-15)32-8-17(19,20)18(21,22)23/h4-5,10-12H,2-3,6-8H2,1H3,(H,26,28)/t10-,11?,12?/m0/s1. The van der Waals surface area contributed by atoms with Crippen LogP contribution in [0.3, 0.4) is 0 Å². The molecule has 2 fully saturated rings. The molecule has 10 nitrogen and oxygen atoms in total. The maximum absolute atomic E-state index is 13.2. The Morgan fingerprint density at radius 3 is 2.52 bits per heavy atom. The van der Waals surface area contributed by atoms with Crippen LogP contribution in [0.25, 0.3) is 5.65 Å². The Kier molecular flexibility index (Phi) is 5.01. The largest absolute Gasteiger partial charge is 0.468 e. The van der Waals surface area contributed by atoms with Gasteiger partial charge in [-0.3, -0.25) is 0 Å². The van der Waals surface area contributed by atoms with Crippen molar-refractivity contribution in [2.45, 2.75) is 37.9 Å². The molecule has 0 spiro atoms. The number of halogens is 5. The lowest BCUT2D eigenvalue weighted by atomic mass is 9.92. The fraction of sp³-hybridized carbons (Fsp3) is 0.611. The molecule has 2 bridgehead atoms. The molecule has 1 aliphatic heterocycles. The predicted molar refractivity (Wildman–Crippen MR) is 102 cm³/mol. The molecule has 5 rings (SSSR count). The zero-order valence-corrected chi connectivity index (χ0v) is 17.3. The zero-order valence-electron chi connectivity index (χ0n) is 17.3. The summed E-state index contributed by atoms with van der Waals surface area (Å²) < 4.78 is 74.9. The van der Waals surface area contributed by atoms with Crippen molar-refractivity contribution in [3.63, 3.8) is 0 Å². The quantitative estimate of drug-likeness (QED) is 0.540. The van der Waals surface area contributed by atoms with Gasteiger partial charge in [0, 0.05) is 31.5 Å². The van der Waals surface area contributed by atoms with Gasteiger partial charge in [0.15, 0.2) is 12.4 Å². The molecule has 178 valence electrons. The van der Waals surface area contributed by atoms with Crippen LogP contribution in [0.4, 0.5) is 33.9 Å². The van der Waals surface area contributed by atoms with Crippen LogP contribution in [-0.2, 0) is 0 Å². The summed E-state index contributed by atoms with van der Waals surface area (Å²) >= 11 is 0. The van der Waals surface area contributed by atoms with Gasteiger partial charge in [-0.15, -0.1) is 5.10 Å². The minimum absolute atomic E-state index is 0.0505. The highest BCUT2D eigenvalue weighted by molar-refractivity contribution is 5.52. The Labute approximate surface area is 183 Å². The molecule has 15 heteroatoms. The molecule has 3 aromatic rings. The second kappa shape index (κ2) is 7.66. The highest BCUT2D eigenvalue weighted by atomic mass is 19.4. The second-order valence-corrected chi connectivity index (χ2v) is 8.22. The van der Waals surface area contributed by atoms with Crippen LogP contribution in [0.5, 0.6) is 5.88 Å². The van der Waals surface area contributed by atoms with Gasteiger partial charge in [0.05, 0.1) is 0 Å². The average molecular weight is 474 g/mol. The van der Waals surface area contributed by atoms with Crippen molar-refractivity contribution in [3.05, 3.63) is 18.2 Å². The highest BCUT2D eigenvalue weighted by Crippen LogP contribution is 2.40. The minimum Gasteiger partial charge on any atom is -0.468 e. The molecular weight excluding hydrogens is 455 g/mol. The summed E-state index contributed by atoms with van der Waals surface area (Å²) in [6.45, 7) is 1.25. The van der Waals surface area contributed by atoms with Crippen molar-refractivity contribution in [1.82, 2.24) is 29.7 Å². The van der Waals surface area contributed by atoms with Gasteiger partial charge in [-0.2, -0.15) is 31.9 Å².